The number of guanidine groups is 1. The Balaban J connectivity index is 1.74. The van der Waals surface area contributed by atoms with E-state index in [9.17, 15) is 0 Å². The molecule has 1 aromatic rings. The third-order valence-corrected chi connectivity index (χ3v) is 4.30. The summed E-state index contributed by atoms with van der Waals surface area (Å²) in [4.78, 5) is 6.73. The molecule has 2 rings (SSSR count). The Kier molecular flexibility index (Phi) is 6.86. The van der Waals surface area contributed by atoms with Crippen molar-refractivity contribution in [2.75, 3.05) is 53.0 Å². The molecule has 1 aliphatic rings. The van der Waals surface area contributed by atoms with Crippen LogP contribution < -0.4 is 10.6 Å². The Hall–Kier alpha value is -1.59. The maximum absolute atomic E-state index is 5.37. The third-order valence-electron chi connectivity index (χ3n) is 4.30. The molecular weight excluding hydrogens is 288 g/mol. The maximum atomic E-state index is 5.37. The minimum Gasteiger partial charge on any atom is -0.379 e. The van der Waals surface area contributed by atoms with Crippen molar-refractivity contribution in [2.45, 2.75) is 19.3 Å². The van der Waals surface area contributed by atoms with Crippen LogP contribution in [0, 0.1) is 0 Å². The molecule has 2 N–H and O–H groups in total. The molecule has 1 aromatic carbocycles. The van der Waals surface area contributed by atoms with E-state index in [2.05, 4.69) is 64.7 Å². The molecule has 1 fully saturated rings. The molecule has 0 saturated carbocycles. The highest BCUT2D eigenvalue weighted by Crippen LogP contribution is 2.21. The van der Waals surface area contributed by atoms with Gasteiger partial charge in [-0.3, -0.25) is 9.89 Å². The second-order valence-electron chi connectivity index (χ2n) is 6.56. The Labute approximate surface area is 140 Å². The van der Waals surface area contributed by atoms with Crippen molar-refractivity contribution in [3.63, 3.8) is 0 Å². The fourth-order valence-corrected chi connectivity index (χ4v) is 2.67. The summed E-state index contributed by atoms with van der Waals surface area (Å²) >= 11 is 0. The Morgan fingerprint density at radius 3 is 2.52 bits per heavy atom. The number of nitrogens with zero attached hydrogens (tertiary/aromatic N) is 2. The molecule has 5 heteroatoms. The summed E-state index contributed by atoms with van der Waals surface area (Å²) in [6.45, 7) is 11.0. The first-order chi connectivity index (χ1) is 11.1. The topological polar surface area (TPSA) is 48.9 Å². The quantitative estimate of drug-likeness (QED) is 0.616. The summed E-state index contributed by atoms with van der Waals surface area (Å²) in [5, 5.41) is 6.84. The van der Waals surface area contributed by atoms with Crippen molar-refractivity contribution >= 4 is 5.96 Å². The van der Waals surface area contributed by atoms with E-state index in [0.29, 0.717) is 0 Å². The predicted molar refractivity (Wildman–Crippen MR) is 96.1 cm³/mol. The fourth-order valence-electron chi connectivity index (χ4n) is 2.67. The van der Waals surface area contributed by atoms with Gasteiger partial charge in [-0.05, 0) is 5.56 Å². The molecule has 0 unspecified atom stereocenters. The van der Waals surface area contributed by atoms with E-state index in [-0.39, 0.29) is 5.41 Å². The lowest BCUT2D eigenvalue weighted by atomic mass is 9.85. The zero-order valence-electron chi connectivity index (χ0n) is 14.6. The molecule has 0 aromatic heterocycles. The second kappa shape index (κ2) is 8.89. The maximum Gasteiger partial charge on any atom is 0.191 e. The lowest BCUT2D eigenvalue weighted by Gasteiger charge is -2.28. The first-order valence-corrected chi connectivity index (χ1v) is 8.42. The molecule has 0 radical (unpaired) electrons. The third kappa shape index (κ3) is 5.84. The van der Waals surface area contributed by atoms with E-state index < -0.39 is 0 Å². The van der Waals surface area contributed by atoms with Gasteiger partial charge in [-0.25, -0.2) is 0 Å². The summed E-state index contributed by atoms with van der Waals surface area (Å²) in [5.74, 6) is 0.863. The highest BCUT2D eigenvalue weighted by molar-refractivity contribution is 5.79. The fraction of sp³-hybridized carbons (Fsp3) is 0.611. The average molecular weight is 318 g/mol. The zero-order valence-corrected chi connectivity index (χ0v) is 14.6. The number of rotatable bonds is 6. The summed E-state index contributed by atoms with van der Waals surface area (Å²) in [6.07, 6.45) is 0. The molecule has 1 saturated heterocycles. The van der Waals surface area contributed by atoms with E-state index in [1.807, 2.05) is 7.05 Å². The van der Waals surface area contributed by atoms with Crippen LogP contribution in [0.5, 0.6) is 0 Å². The van der Waals surface area contributed by atoms with Gasteiger partial charge < -0.3 is 15.4 Å². The van der Waals surface area contributed by atoms with E-state index in [0.717, 1.165) is 51.9 Å². The molecule has 1 aliphatic heterocycles. The van der Waals surface area contributed by atoms with Gasteiger partial charge >= 0.3 is 0 Å². The predicted octanol–water partition coefficient (Wildman–Crippen LogP) is 1.46. The normalized spacial score (nSPS) is 17.1. The van der Waals surface area contributed by atoms with E-state index >= 15 is 0 Å². The number of aliphatic imine (C=N–C) groups is 1. The van der Waals surface area contributed by atoms with Gasteiger partial charge in [0.2, 0.25) is 0 Å². The van der Waals surface area contributed by atoms with Gasteiger partial charge in [0.25, 0.3) is 0 Å². The van der Waals surface area contributed by atoms with Gasteiger partial charge in [0.1, 0.15) is 0 Å². The Bertz CT molecular complexity index is 481. The van der Waals surface area contributed by atoms with Crippen LogP contribution in [0.3, 0.4) is 0 Å². The number of hydrogen-bond acceptors (Lipinski definition) is 3. The lowest BCUT2D eigenvalue weighted by Crippen LogP contribution is -2.46. The molecule has 0 atom stereocenters. The molecule has 0 spiro atoms. The second-order valence-corrected chi connectivity index (χ2v) is 6.56. The number of nitrogens with one attached hydrogen (secondary N) is 2. The van der Waals surface area contributed by atoms with Crippen molar-refractivity contribution in [1.82, 2.24) is 15.5 Å². The van der Waals surface area contributed by atoms with Crippen LogP contribution in [0.25, 0.3) is 0 Å². The van der Waals surface area contributed by atoms with Crippen LogP contribution in [0.2, 0.25) is 0 Å². The van der Waals surface area contributed by atoms with Crippen molar-refractivity contribution in [3.8, 4) is 0 Å². The van der Waals surface area contributed by atoms with E-state index in [1.54, 1.807) is 0 Å². The van der Waals surface area contributed by atoms with Crippen LogP contribution >= 0.6 is 0 Å². The smallest absolute Gasteiger partial charge is 0.191 e. The molecular formula is C18H30N4O. The first kappa shape index (κ1) is 17.8. The first-order valence-electron chi connectivity index (χ1n) is 8.42. The standard InChI is InChI=1S/C18H30N4O/c1-18(2,16-7-5-4-6-8-16)15-21-17(19-3)20-9-10-22-11-13-23-14-12-22/h4-8H,9-15H2,1-3H3,(H2,19,20,21). The molecule has 128 valence electrons. The van der Waals surface area contributed by atoms with Crippen LogP contribution in [0.15, 0.2) is 35.3 Å². The monoisotopic (exact) mass is 318 g/mol. The van der Waals surface area contributed by atoms with Gasteiger partial charge in [0, 0.05) is 45.2 Å². The van der Waals surface area contributed by atoms with Gasteiger partial charge in [-0.15, -0.1) is 0 Å². The summed E-state index contributed by atoms with van der Waals surface area (Å²) in [5.41, 5.74) is 1.39. The van der Waals surface area contributed by atoms with Crippen LogP contribution in [-0.2, 0) is 10.2 Å². The van der Waals surface area contributed by atoms with Crippen molar-refractivity contribution in [2.24, 2.45) is 4.99 Å². The van der Waals surface area contributed by atoms with Gasteiger partial charge in [0.15, 0.2) is 5.96 Å². The molecule has 23 heavy (non-hydrogen) atoms. The molecule has 0 bridgehead atoms. The van der Waals surface area contributed by atoms with E-state index in [4.69, 9.17) is 4.74 Å². The van der Waals surface area contributed by atoms with Crippen molar-refractivity contribution in [3.05, 3.63) is 35.9 Å². The largest absolute Gasteiger partial charge is 0.379 e. The van der Waals surface area contributed by atoms with Gasteiger partial charge in [-0.2, -0.15) is 0 Å². The van der Waals surface area contributed by atoms with Crippen LogP contribution in [0.4, 0.5) is 0 Å². The van der Waals surface area contributed by atoms with Crippen molar-refractivity contribution < 1.29 is 4.74 Å². The van der Waals surface area contributed by atoms with Crippen LogP contribution in [0.1, 0.15) is 19.4 Å². The number of benzene rings is 1. The molecule has 1 heterocycles. The van der Waals surface area contributed by atoms with Crippen LogP contribution in [-0.4, -0.2) is 63.8 Å². The number of ether oxygens (including phenoxy) is 1. The highest BCUT2D eigenvalue weighted by atomic mass is 16.5. The number of morpholine rings is 1. The lowest BCUT2D eigenvalue weighted by molar-refractivity contribution is 0.0389. The average Bonchev–Trinajstić information content (AvgIpc) is 2.59. The Morgan fingerprint density at radius 1 is 1.17 bits per heavy atom. The molecule has 5 nitrogen and oxygen atoms in total. The van der Waals surface area contributed by atoms with Gasteiger partial charge in [0.05, 0.1) is 13.2 Å². The molecule has 0 amide bonds. The minimum atomic E-state index is 0.0586. The summed E-state index contributed by atoms with van der Waals surface area (Å²) in [7, 11) is 1.82. The summed E-state index contributed by atoms with van der Waals surface area (Å²) in [6, 6.07) is 10.6. The Morgan fingerprint density at radius 2 is 1.87 bits per heavy atom. The van der Waals surface area contributed by atoms with Gasteiger partial charge in [-0.1, -0.05) is 44.2 Å². The molecule has 0 aliphatic carbocycles. The van der Waals surface area contributed by atoms with E-state index in [1.165, 1.54) is 5.56 Å². The number of hydrogen-bond donors (Lipinski definition) is 2. The SMILES string of the molecule is CN=C(NCCN1CCOCC1)NCC(C)(C)c1ccccc1. The minimum absolute atomic E-state index is 0.0586. The van der Waals surface area contributed by atoms with Crippen molar-refractivity contribution in [1.29, 1.82) is 0 Å². The summed E-state index contributed by atoms with van der Waals surface area (Å²) < 4.78 is 5.37. The highest BCUT2D eigenvalue weighted by Gasteiger charge is 2.20. The zero-order chi connectivity index (χ0) is 16.5.